The lowest BCUT2D eigenvalue weighted by Crippen LogP contribution is -2.32. The molecule has 0 N–H and O–H groups in total. The summed E-state index contributed by atoms with van der Waals surface area (Å²) in [6.07, 6.45) is 0.820. The Hall–Kier alpha value is -2.62. The Labute approximate surface area is 136 Å². The summed E-state index contributed by atoms with van der Waals surface area (Å²) in [7, 11) is 1.34. The summed E-state index contributed by atoms with van der Waals surface area (Å²) in [5.74, 6) is -0.430. The average Bonchev–Trinajstić information content (AvgIpc) is 2.62. The third-order valence-electron chi connectivity index (χ3n) is 3.74. The normalized spacial score (nSPS) is 10.2. The van der Waals surface area contributed by atoms with E-state index in [4.69, 9.17) is 0 Å². The number of hydrogen-bond donors (Lipinski definition) is 0. The largest absolute Gasteiger partial charge is 0.465 e. The van der Waals surface area contributed by atoms with E-state index in [0.717, 1.165) is 6.42 Å². The van der Waals surface area contributed by atoms with E-state index in [1.165, 1.54) is 12.7 Å². The Morgan fingerprint density at radius 3 is 2.13 bits per heavy atom. The zero-order chi connectivity index (χ0) is 16.7. The van der Waals surface area contributed by atoms with Crippen molar-refractivity contribution in [3.05, 3.63) is 71.3 Å². The summed E-state index contributed by atoms with van der Waals surface area (Å²) in [5.41, 5.74) is 2.23. The molecule has 0 bridgehead atoms. The fourth-order valence-corrected chi connectivity index (χ4v) is 2.36. The second-order valence-electron chi connectivity index (χ2n) is 5.19. The molecular formula is C19H21NO3. The lowest BCUT2D eigenvalue weighted by atomic mass is 10.1. The predicted octanol–water partition coefficient (Wildman–Crippen LogP) is 3.18. The van der Waals surface area contributed by atoms with Crippen molar-refractivity contribution < 1.29 is 14.3 Å². The molecule has 0 aromatic heterocycles. The summed E-state index contributed by atoms with van der Waals surface area (Å²) in [5, 5.41) is 0. The summed E-state index contributed by atoms with van der Waals surface area (Å²) < 4.78 is 4.66. The van der Waals surface area contributed by atoms with Gasteiger partial charge in [-0.2, -0.15) is 0 Å². The summed E-state index contributed by atoms with van der Waals surface area (Å²) >= 11 is 0. The molecule has 0 aliphatic rings. The molecule has 1 amide bonds. The van der Waals surface area contributed by atoms with Crippen LogP contribution in [0.25, 0.3) is 0 Å². The Bertz CT molecular complexity index is 650. The SMILES string of the molecule is CCN(CCc1ccccc1)C(=O)c1ccc(C(=O)OC)cc1. The Kier molecular flexibility index (Phi) is 5.92. The molecule has 0 saturated carbocycles. The van der Waals surface area contributed by atoms with E-state index in [9.17, 15) is 9.59 Å². The Balaban J connectivity index is 2.03. The van der Waals surface area contributed by atoms with E-state index in [-0.39, 0.29) is 5.91 Å². The van der Waals surface area contributed by atoms with Crippen LogP contribution in [0.5, 0.6) is 0 Å². The Morgan fingerprint density at radius 2 is 1.57 bits per heavy atom. The number of benzene rings is 2. The first-order chi connectivity index (χ1) is 11.2. The van der Waals surface area contributed by atoms with Crippen LogP contribution in [-0.2, 0) is 11.2 Å². The number of carbonyl (C=O) groups is 2. The number of amides is 1. The van der Waals surface area contributed by atoms with Crippen molar-refractivity contribution in [2.24, 2.45) is 0 Å². The van der Waals surface area contributed by atoms with E-state index in [2.05, 4.69) is 16.9 Å². The van der Waals surface area contributed by atoms with Gasteiger partial charge in [0.05, 0.1) is 12.7 Å². The van der Waals surface area contributed by atoms with Gasteiger partial charge in [-0.15, -0.1) is 0 Å². The van der Waals surface area contributed by atoms with Gasteiger partial charge in [0.2, 0.25) is 0 Å². The van der Waals surface area contributed by atoms with Crippen LogP contribution in [0.2, 0.25) is 0 Å². The van der Waals surface area contributed by atoms with Crippen LogP contribution >= 0.6 is 0 Å². The van der Waals surface area contributed by atoms with Crippen molar-refractivity contribution in [2.45, 2.75) is 13.3 Å². The number of esters is 1. The zero-order valence-electron chi connectivity index (χ0n) is 13.5. The zero-order valence-corrected chi connectivity index (χ0v) is 13.5. The van der Waals surface area contributed by atoms with Crippen molar-refractivity contribution in [1.82, 2.24) is 4.90 Å². The molecule has 2 rings (SSSR count). The second-order valence-corrected chi connectivity index (χ2v) is 5.19. The molecular weight excluding hydrogens is 290 g/mol. The average molecular weight is 311 g/mol. The highest BCUT2D eigenvalue weighted by molar-refractivity contribution is 5.96. The predicted molar refractivity (Wildman–Crippen MR) is 89.5 cm³/mol. The molecule has 0 fully saturated rings. The maximum atomic E-state index is 12.6. The molecule has 0 spiro atoms. The molecule has 0 aliphatic heterocycles. The quantitative estimate of drug-likeness (QED) is 0.770. The second kappa shape index (κ2) is 8.13. The number of likely N-dealkylation sites (N-methyl/N-ethyl adjacent to an activating group) is 1. The smallest absolute Gasteiger partial charge is 0.337 e. The monoisotopic (exact) mass is 311 g/mol. The van der Waals surface area contributed by atoms with Crippen LogP contribution in [0.15, 0.2) is 54.6 Å². The van der Waals surface area contributed by atoms with Crippen LogP contribution in [0, 0.1) is 0 Å². The number of ether oxygens (including phenoxy) is 1. The van der Waals surface area contributed by atoms with Gasteiger partial charge in [-0.3, -0.25) is 4.79 Å². The standard InChI is InChI=1S/C19H21NO3/c1-3-20(14-13-15-7-5-4-6-8-15)18(21)16-9-11-17(12-10-16)19(22)23-2/h4-12H,3,13-14H2,1-2H3. The van der Waals surface area contributed by atoms with Gasteiger partial charge in [0.15, 0.2) is 0 Å². The van der Waals surface area contributed by atoms with Crippen molar-refractivity contribution in [3.63, 3.8) is 0 Å². The molecule has 0 atom stereocenters. The van der Waals surface area contributed by atoms with Crippen LogP contribution in [0.1, 0.15) is 33.2 Å². The molecule has 4 nitrogen and oxygen atoms in total. The Morgan fingerprint density at radius 1 is 0.957 bits per heavy atom. The minimum atomic E-state index is -0.402. The maximum Gasteiger partial charge on any atom is 0.337 e. The van der Waals surface area contributed by atoms with Crippen molar-refractivity contribution in [1.29, 1.82) is 0 Å². The summed E-state index contributed by atoms with van der Waals surface area (Å²) in [4.78, 5) is 25.8. The molecule has 23 heavy (non-hydrogen) atoms. The lowest BCUT2D eigenvalue weighted by molar-refractivity contribution is 0.0599. The third-order valence-corrected chi connectivity index (χ3v) is 3.74. The van der Waals surface area contributed by atoms with Gasteiger partial charge in [0, 0.05) is 18.7 Å². The van der Waals surface area contributed by atoms with Crippen molar-refractivity contribution in [3.8, 4) is 0 Å². The highest BCUT2D eigenvalue weighted by Crippen LogP contribution is 2.10. The van der Waals surface area contributed by atoms with Gasteiger partial charge >= 0.3 is 5.97 Å². The number of hydrogen-bond acceptors (Lipinski definition) is 3. The van der Waals surface area contributed by atoms with Crippen LogP contribution in [0.3, 0.4) is 0 Å². The van der Waals surface area contributed by atoms with Gasteiger partial charge in [-0.1, -0.05) is 30.3 Å². The fraction of sp³-hybridized carbons (Fsp3) is 0.263. The van der Waals surface area contributed by atoms with Gasteiger partial charge in [-0.05, 0) is 43.2 Å². The minimum Gasteiger partial charge on any atom is -0.465 e. The molecule has 2 aromatic carbocycles. The molecule has 0 unspecified atom stereocenters. The maximum absolute atomic E-state index is 12.6. The van der Waals surface area contributed by atoms with E-state index in [0.29, 0.717) is 24.2 Å². The number of methoxy groups -OCH3 is 1. The van der Waals surface area contributed by atoms with E-state index in [1.54, 1.807) is 29.2 Å². The number of rotatable bonds is 6. The van der Waals surface area contributed by atoms with Gasteiger partial charge < -0.3 is 9.64 Å². The summed E-state index contributed by atoms with van der Waals surface area (Å²) in [6, 6.07) is 16.7. The van der Waals surface area contributed by atoms with Gasteiger partial charge in [-0.25, -0.2) is 4.79 Å². The van der Waals surface area contributed by atoms with Crippen molar-refractivity contribution >= 4 is 11.9 Å². The first kappa shape index (κ1) is 16.7. The molecule has 0 heterocycles. The first-order valence-corrected chi connectivity index (χ1v) is 7.67. The highest BCUT2D eigenvalue weighted by Gasteiger charge is 2.15. The van der Waals surface area contributed by atoms with Crippen LogP contribution < -0.4 is 0 Å². The highest BCUT2D eigenvalue weighted by atomic mass is 16.5. The molecule has 120 valence electrons. The van der Waals surface area contributed by atoms with Gasteiger partial charge in [0.1, 0.15) is 0 Å². The van der Waals surface area contributed by atoms with E-state index < -0.39 is 5.97 Å². The first-order valence-electron chi connectivity index (χ1n) is 7.67. The molecule has 0 aliphatic carbocycles. The summed E-state index contributed by atoms with van der Waals surface area (Å²) in [6.45, 7) is 3.27. The molecule has 4 heteroatoms. The molecule has 0 saturated heterocycles. The lowest BCUT2D eigenvalue weighted by Gasteiger charge is -2.21. The molecule has 0 radical (unpaired) electrons. The fourth-order valence-electron chi connectivity index (χ4n) is 2.36. The third kappa shape index (κ3) is 4.42. The van der Waals surface area contributed by atoms with Crippen molar-refractivity contribution in [2.75, 3.05) is 20.2 Å². The topological polar surface area (TPSA) is 46.6 Å². The van der Waals surface area contributed by atoms with Crippen LogP contribution in [-0.4, -0.2) is 37.0 Å². The van der Waals surface area contributed by atoms with Crippen LogP contribution in [0.4, 0.5) is 0 Å². The molecule has 2 aromatic rings. The van der Waals surface area contributed by atoms with E-state index >= 15 is 0 Å². The number of nitrogens with zero attached hydrogens (tertiary/aromatic N) is 1. The van der Waals surface area contributed by atoms with Gasteiger partial charge in [0.25, 0.3) is 5.91 Å². The minimum absolute atomic E-state index is 0.0279. The number of carbonyl (C=O) groups excluding carboxylic acids is 2. The van der Waals surface area contributed by atoms with E-state index in [1.807, 2.05) is 25.1 Å².